The van der Waals surface area contributed by atoms with E-state index in [-0.39, 0.29) is 36.1 Å². The van der Waals surface area contributed by atoms with Gasteiger partial charge in [-0.3, -0.25) is 14.2 Å². The van der Waals surface area contributed by atoms with Crippen LogP contribution in [-0.4, -0.2) is 37.2 Å². The van der Waals surface area contributed by atoms with Gasteiger partial charge in [0.15, 0.2) is 16.9 Å². The van der Waals surface area contributed by atoms with Crippen molar-refractivity contribution in [3.8, 4) is 5.69 Å². The second kappa shape index (κ2) is 9.04. The van der Waals surface area contributed by atoms with Gasteiger partial charge in [0, 0.05) is 17.2 Å². The number of hydrogen-bond acceptors (Lipinski definition) is 5. The third-order valence-corrected chi connectivity index (χ3v) is 6.40. The molecule has 2 aromatic carbocycles. The molecule has 174 valence electrons. The molecule has 1 unspecified atom stereocenters. The zero-order valence-electron chi connectivity index (χ0n) is 18.6. The number of benzene rings is 2. The van der Waals surface area contributed by atoms with Gasteiger partial charge in [0.1, 0.15) is 0 Å². The van der Waals surface area contributed by atoms with E-state index in [1.54, 1.807) is 24.3 Å². The number of aromatic nitrogens is 4. The highest BCUT2D eigenvalue weighted by molar-refractivity contribution is 6.30. The number of hydrogen-bond donors (Lipinski definition) is 0. The minimum absolute atomic E-state index is 0.0979. The molecule has 2 aromatic heterocycles. The SMILES string of the molecule is Cc1ccccc1-n1c(=O)n(CC2CCCO2)c(=O)c2c1ncn2CC(=O)c1ccc(Cl)cc1. The molecule has 0 radical (unpaired) electrons. The fourth-order valence-corrected chi connectivity index (χ4v) is 4.49. The summed E-state index contributed by atoms with van der Waals surface area (Å²) in [6.45, 7) is 2.56. The highest BCUT2D eigenvalue weighted by Crippen LogP contribution is 2.19. The molecular weight excluding hydrogens is 456 g/mol. The summed E-state index contributed by atoms with van der Waals surface area (Å²) in [4.78, 5) is 44.5. The summed E-state index contributed by atoms with van der Waals surface area (Å²) in [5.41, 5.74) is 1.42. The summed E-state index contributed by atoms with van der Waals surface area (Å²) in [7, 11) is 0. The first kappa shape index (κ1) is 22.3. The van der Waals surface area contributed by atoms with Crippen LogP contribution in [0.15, 0.2) is 64.4 Å². The van der Waals surface area contributed by atoms with Crippen LogP contribution in [0, 0.1) is 6.92 Å². The first-order valence-electron chi connectivity index (χ1n) is 11.1. The summed E-state index contributed by atoms with van der Waals surface area (Å²) in [6, 6.07) is 14.0. The van der Waals surface area contributed by atoms with Crippen molar-refractivity contribution in [2.75, 3.05) is 6.61 Å². The Balaban J connectivity index is 1.68. The number of para-hydroxylation sites is 1. The minimum Gasteiger partial charge on any atom is -0.376 e. The molecule has 1 atom stereocenters. The minimum atomic E-state index is -0.484. The Morgan fingerprint density at radius 1 is 1.15 bits per heavy atom. The lowest BCUT2D eigenvalue weighted by Gasteiger charge is -2.16. The summed E-state index contributed by atoms with van der Waals surface area (Å²) in [6.07, 6.45) is 2.90. The Morgan fingerprint density at radius 3 is 2.62 bits per heavy atom. The fraction of sp³-hybridized carbons (Fsp3) is 0.280. The van der Waals surface area contributed by atoms with Crippen molar-refractivity contribution in [3.63, 3.8) is 0 Å². The van der Waals surface area contributed by atoms with E-state index >= 15 is 0 Å². The summed E-state index contributed by atoms with van der Waals surface area (Å²) < 4.78 is 9.86. The number of aryl methyl sites for hydroxylation is 1. The molecule has 1 aliphatic heterocycles. The van der Waals surface area contributed by atoms with E-state index in [4.69, 9.17) is 16.3 Å². The van der Waals surface area contributed by atoms with Crippen molar-refractivity contribution >= 4 is 28.5 Å². The molecule has 0 aliphatic carbocycles. The molecule has 1 fully saturated rings. The number of carbonyl (C=O) groups excluding carboxylic acids is 1. The Labute approximate surface area is 200 Å². The average Bonchev–Trinajstić information content (AvgIpc) is 3.49. The van der Waals surface area contributed by atoms with Crippen LogP contribution >= 0.6 is 11.6 Å². The van der Waals surface area contributed by atoms with Crippen molar-refractivity contribution in [3.05, 3.63) is 91.8 Å². The monoisotopic (exact) mass is 478 g/mol. The number of ether oxygens (including phenoxy) is 1. The van der Waals surface area contributed by atoms with Crippen molar-refractivity contribution in [2.45, 2.75) is 39.0 Å². The van der Waals surface area contributed by atoms with Gasteiger partial charge < -0.3 is 9.30 Å². The molecule has 1 saturated heterocycles. The van der Waals surface area contributed by atoms with Crippen LogP contribution in [0.25, 0.3) is 16.9 Å². The van der Waals surface area contributed by atoms with Crippen molar-refractivity contribution in [2.24, 2.45) is 0 Å². The van der Waals surface area contributed by atoms with Crippen LogP contribution in [0.5, 0.6) is 0 Å². The summed E-state index contributed by atoms with van der Waals surface area (Å²) >= 11 is 5.94. The van der Waals surface area contributed by atoms with Gasteiger partial charge in [-0.15, -0.1) is 0 Å². The molecule has 0 spiro atoms. The molecule has 0 N–H and O–H groups in total. The van der Waals surface area contributed by atoms with Crippen LogP contribution < -0.4 is 11.2 Å². The number of carbonyl (C=O) groups is 1. The zero-order valence-corrected chi connectivity index (χ0v) is 19.4. The van der Waals surface area contributed by atoms with E-state index < -0.39 is 11.2 Å². The smallest absolute Gasteiger partial charge is 0.337 e. The Morgan fingerprint density at radius 2 is 1.91 bits per heavy atom. The first-order valence-corrected chi connectivity index (χ1v) is 11.5. The lowest BCUT2D eigenvalue weighted by Crippen LogP contribution is -2.42. The maximum Gasteiger partial charge on any atom is 0.337 e. The molecule has 0 amide bonds. The number of halogens is 1. The number of ketones is 1. The van der Waals surface area contributed by atoms with E-state index in [0.29, 0.717) is 22.9 Å². The van der Waals surface area contributed by atoms with E-state index in [9.17, 15) is 14.4 Å². The molecule has 3 heterocycles. The highest BCUT2D eigenvalue weighted by atomic mass is 35.5. The van der Waals surface area contributed by atoms with E-state index in [1.165, 1.54) is 20.0 Å². The van der Waals surface area contributed by atoms with E-state index in [2.05, 4.69) is 4.98 Å². The average molecular weight is 479 g/mol. The van der Waals surface area contributed by atoms with Crippen molar-refractivity contribution in [1.29, 1.82) is 0 Å². The van der Waals surface area contributed by atoms with Gasteiger partial charge in [-0.05, 0) is 55.7 Å². The van der Waals surface area contributed by atoms with Gasteiger partial charge in [0.25, 0.3) is 5.56 Å². The number of fused-ring (bicyclic) bond motifs is 1. The first-order chi connectivity index (χ1) is 16.4. The molecule has 4 aromatic rings. The van der Waals surface area contributed by atoms with Gasteiger partial charge in [0.05, 0.1) is 31.2 Å². The van der Waals surface area contributed by atoms with Crippen LogP contribution in [0.2, 0.25) is 5.02 Å². The molecule has 8 nitrogen and oxygen atoms in total. The number of rotatable bonds is 6. The topological polar surface area (TPSA) is 88.1 Å². The molecule has 0 bridgehead atoms. The third kappa shape index (κ3) is 3.99. The van der Waals surface area contributed by atoms with Crippen molar-refractivity contribution in [1.82, 2.24) is 18.7 Å². The van der Waals surface area contributed by atoms with Crippen molar-refractivity contribution < 1.29 is 9.53 Å². The zero-order chi connectivity index (χ0) is 23.8. The molecule has 0 saturated carbocycles. The standard InChI is InChI=1S/C25H23ClN4O4/c1-16-5-2-3-7-20(16)30-23-22(24(32)29(25(30)33)13-19-6-4-12-34-19)28(15-27-23)14-21(31)17-8-10-18(26)11-9-17/h2-3,5,7-11,15,19H,4,6,12-14H2,1H3. The maximum atomic E-state index is 13.6. The van der Waals surface area contributed by atoms with Crippen LogP contribution in [0.3, 0.4) is 0 Å². The lowest BCUT2D eigenvalue weighted by molar-refractivity contribution is 0.0947. The van der Waals surface area contributed by atoms with E-state index in [0.717, 1.165) is 18.4 Å². The molecule has 1 aliphatic rings. The lowest BCUT2D eigenvalue weighted by atomic mass is 10.1. The number of imidazole rings is 1. The van der Waals surface area contributed by atoms with Crippen LogP contribution in [-0.2, 0) is 17.8 Å². The molecule has 34 heavy (non-hydrogen) atoms. The normalized spacial score (nSPS) is 15.8. The highest BCUT2D eigenvalue weighted by Gasteiger charge is 2.24. The fourth-order valence-electron chi connectivity index (χ4n) is 4.37. The van der Waals surface area contributed by atoms with Gasteiger partial charge in [0.2, 0.25) is 0 Å². The predicted molar refractivity (Wildman–Crippen MR) is 129 cm³/mol. The molecule has 5 rings (SSSR count). The van der Waals surface area contributed by atoms with Crippen LogP contribution in [0.1, 0.15) is 28.8 Å². The van der Waals surface area contributed by atoms with Gasteiger partial charge in [-0.2, -0.15) is 0 Å². The van der Waals surface area contributed by atoms with E-state index in [1.807, 2.05) is 31.2 Å². The third-order valence-electron chi connectivity index (χ3n) is 6.15. The quantitative estimate of drug-likeness (QED) is 0.396. The second-order valence-corrected chi connectivity index (χ2v) is 8.87. The molecule has 9 heteroatoms. The Bertz CT molecular complexity index is 1490. The number of Topliss-reactive ketones (excluding diaryl/α,β-unsaturated/α-hetero) is 1. The predicted octanol–water partition coefficient (Wildman–Crippen LogP) is 3.37. The maximum absolute atomic E-state index is 13.6. The summed E-state index contributed by atoms with van der Waals surface area (Å²) in [5.74, 6) is -0.199. The van der Waals surface area contributed by atoms with Gasteiger partial charge in [-0.25, -0.2) is 14.3 Å². The largest absolute Gasteiger partial charge is 0.376 e. The Kier molecular flexibility index (Phi) is 5.93. The van der Waals surface area contributed by atoms with Gasteiger partial charge >= 0.3 is 5.69 Å². The summed E-state index contributed by atoms with van der Waals surface area (Å²) in [5, 5.41) is 0.531. The van der Waals surface area contributed by atoms with Gasteiger partial charge in [-0.1, -0.05) is 29.8 Å². The van der Waals surface area contributed by atoms with Crippen LogP contribution in [0.4, 0.5) is 0 Å². The Hall–Kier alpha value is -3.49. The molecular formula is C25H23ClN4O4. The number of nitrogens with zero attached hydrogens (tertiary/aromatic N) is 4. The second-order valence-electron chi connectivity index (χ2n) is 8.43.